The second-order valence-corrected chi connectivity index (χ2v) is 20.6. The Bertz CT molecular complexity index is 3420. The second kappa shape index (κ2) is 24.6. The number of aryl methyl sites for hydroxylation is 16. The number of nitrogens with two attached hydrogens (primary N) is 2. The normalized spacial score (nSPS) is 10.8. The van der Waals surface area contributed by atoms with E-state index in [-0.39, 0.29) is 21.2 Å². The Morgan fingerprint density at radius 3 is 0.986 bits per heavy atom. The smallest absolute Gasteiger partial charge is 0.276 e. The number of nitro groups is 2. The summed E-state index contributed by atoms with van der Waals surface area (Å²) in [6, 6.07) is 0. The maximum Gasteiger partial charge on any atom is 0.276 e. The molecular weight excluding hydrogens is 921 g/mol. The fourth-order valence-electron chi connectivity index (χ4n) is 10.8. The first kappa shape index (κ1) is 61.7. The Labute approximate surface area is 443 Å². The summed E-state index contributed by atoms with van der Waals surface area (Å²) in [7, 11) is 0. The Hall–Kier alpha value is -6.56. The quantitative estimate of drug-likeness (QED) is 0.0774. The van der Waals surface area contributed by atoms with Crippen molar-refractivity contribution in [3.8, 4) is 0 Å². The minimum absolute atomic E-state index is 0.247. The van der Waals surface area contributed by atoms with Crippen LogP contribution >= 0.6 is 0 Å². The van der Waals surface area contributed by atoms with Crippen LogP contribution < -0.4 is 11.5 Å². The van der Waals surface area contributed by atoms with E-state index in [1.54, 1.807) is 0 Å². The summed E-state index contributed by atoms with van der Waals surface area (Å²) in [5, 5.41) is 27.2. The van der Waals surface area contributed by atoms with E-state index in [0.29, 0.717) is 0 Å². The minimum Gasteiger partial charge on any atom is -0.398 e. The number of benzene rings is 4. The molecule has 0 saturated carbocycles. The molecule has 74 heavy (non-hydrogen) atoms. The van der Waals surface area contributed by atoms with E-state index in [1.807, 2.05) is 55.4 Å². The molecule has 0 bridgehead atoms. The van der Waals surface area contributed by atoms with Crippen LogP contribution in [0.4, 0.5) is 22.7 Å². The van der Waals surface area contributed by atoms with Crippen molar-refractivity contribution < 1.29 is 9.85 Å². The molecule has 4 aromatic carbocycles. The van der Waals surface area contributed by atoms with Gasteiger partial charge in [-0.1, -0.05) is 40.5 Å². The molecule has 0 fully saturated rings. The van der Waals surface area contributed by atoms with Crippen molar-refractivity contribution in [1.29, 1.82) is 0 Å². The molecule has 4 aromatic heterocycles. The molecule has 404 valence electrons. The maximum atomic E-state index is 11.3. The van der Waals surface area contributed by atoms with Gasteiger partial charge in [-0.15, -0.1) is 0 Å². The number of rotatable bonds is 4. The van der Waals surface area contributed by atoms with Crippen molar-refractivity contribution in [3.63, 3.8) is 0 Å². The molecule has 0 radical (unpaired) electrons. The van der Waals surface area contributed by atoms with E-state index in [0.717, 1.165) is 96.5 Å². The van der Waals surface area contributed by atoms with E-state index >= 15 is 0 Å². The zero-order valence-corrected chi connectivity index (χ0v) is 50.4. The van der Waals surface area contributed by atoms with Gasteiger partial charge in [0.1, 0.15) is 0 Å². The second-order valence-electron chi connectivity index (χ2n) is 20.6. The maximum absolute atomic E-state index is 11.3. The predicted molar refractivity (Wildman–Crippen MR) is 321 cm³/mol. The van der Waals surface area contributed by atoms with Crippen LogP contribution in [-0.4, -0.2) is 28.9 Å². The molecule has 0 aliphatic rings. The zero-order chi connectivity index (χ0) is 57.0. The number of H-pyrrole nitrogens is 2. The van der Waals surface area contributed by atoms with Crippen LogP contribution in [-0.2, 0) is 13.1 Å². The molecule has 0 unspecified atom stereocenters. The molecule has 8 rings (SSSR count). The van der Waals surface area contributed by atoms with Crippen molar-refractivity contribution in [2.45, 2.75) is 206 Å². The van der Waals surface area contributed by atoms with E-state index in [9.17, 15) is 20.2 Å². The van der Waals surface area contributed by atoms with Gasteiger partial charge < -0.3 is 30.6 Å². The summed E-state index contributed by atoms with van der Waals surface area (Å²) in [5.41, 5.74) is 41.8. The van der Waals surface area contributed by atoms with Crippen molar-refractivity contribution >= 4 is 66.4 Å². The lowest BCUT2D eigenvalue weighted by Gasteiger charge is -2.13. The number of nitrogens with zero attached hydrogens (tertiary/aromatic N) is 4. The van der Waals surface area contributed by atoms with Gasteiger partial charge in [0.05, 0.1) is 20.9 Å². The van der Waals surface area contributed by atoms with Gasteiger partial charge in [0.2, 0.25) is 0 Å². The first-order valence-electron chi connectivity index (χ1n) is 26.5. The summed E-state index contributed by atoms with van der Waals surface area (Å²) in [5.74, 6) is 0. The number of hydrogen-bond donors (Lipinski definition) is 4. The lowest BCUT2D eigenvalue weighted by Crippen LogP contribution is -2.02. The molecule has 0 saturated heterocycles. The van der Waals surface area contributed by atoms with Crippen molar-refractivity contribution in [3.05, 3.63) is 132 Å². The topological polar surface area (TPSA) is 180 Å². The van der Waals surface area contributed by atoms with Gasteiger partial charge in [-0.05, 0) is 219 Å². The summed E-state index contributed by atoms with van der Waals surface area (Å²) in [6.45, 7) is 55.5. The van der Waals surface area contributed by atoms with Gasteiger partial charge in [-0.25, -0.2) is 0 Å². The van der Waals surface area contributed by atoms with E-state index in [1.165, 1.54) is 96.2 Å². The van der Waals surface area contributed by atoms with E-state index in [4.69, 9.17) is 11.5 Å². The summed E-state index contributed by atoms with van der Waals surface area (Å²) >= 11 is 0. The summed E-state index contributed by atoms with van der Waals surface area (Å²) in [4.78, 5) is 28.7. The molecule has 12 heteroatoms. The van der Waals surface area contributed by atoms with E-state index in [2.05, 4.69) is 144 Å². The average Bonchev–Trinajstić information content (AvgIpc) is 4.00. The first-order chi connectivity index (χ1) is 34.4. The zero-order valence-electron chi connectivity index (χ0n) is 50.4. The highest BCUT2D eigenvalue weighted by atomic mass is 16.6. The average molecular weight is 1010 g/mol. The molecule has 0 aliphatic heterocycles. The molecule has 0 atom stereocenters. The highest BCUT2D eigenvalue weighted by Crippen LogP contribution is 2.41. The number of nitrogen functional groups attached to an aromatic ring is 2. The summed E-state index contributed by atoms with van der Waals surface area (Å²) in [6.07, 6.45) is 2.50. The number of anilines is 2. The molecule has 0 amide bonds. The largest absolute Gasteiger partial charge is 0.398 e. The number of nitro benzene ring substituents is 2. The Kier molecular flexibility index (Phi) is 20.6. The van der Waals surface area contributed by atoms with Crippen LogP contribution in [0, 0.1) is 159 Å². The third kappa shape index (κ3) is 11.0. The highest BCUT2D eigenvalue weighted by molar-refractivity contribution is 5.98. The number of hydrogen-bond acceptors (Lipinski definition) is 6. The van der Waals surface area contributed by atoms with Crippen LogP contribution in [0.3, 0.4) is 0 Å². The number of aromatic nitrogens is 4. The van der Waals surface area contributed by atoms with E-state index < -0.39 is 0 Å². The molecule has 0 aliphatic carbocycles. The van der Waals surface area contributed by atoms with Gasteiger partial charge in [0.15, 0.2) is 0 Å². The Morgan fingerprint density at radius 2 is 0.635 bits per heavy atom. The minimum atomic E-state index is -0.279. The number of nitrogens with one attached hydrogen (secondary N) is 2. The fourth-order valence-corrected chi connectivity index (χ4v) is 10.8. The molecule has 8 aromatic rings. The third-order valence-electron chi connectivity index (χ3n) is 15.9. The van der Waals surface area contributed by atoms with Gasteiger partial charge in [0.25, 0.3) is 11.4 Å². The van der Waals surface area contributed by atoms with Crippen LogP contribution in [0.2, 0.25) is 0 Å². The molecule has 6 N–H and O–H groups in total. The van der Waals surface area contributed by atoms with Gasteiger partial charge in [0, 0.05) is 102 Å². The van der Waals surface area contributed by atoms with Crippen LogP contribution in [0.15, 0.2) is 0 Å². The van der Waals surface area contributed by atoms with Gasteiger partial charge in [-0.3, -0.25) is 20.2 Å². The van der Waals surface area contributed by atoms with Crippen molar-refractivity contribution in [1.82, 2.24) is 19.1 Å². The van der Waals surface area contributed by atoms with Crippen LogP contribution in [0.5, 0.6) is 0 Å². The predicted octanol–water partition coefficient (Wildman–Crippen LogP) is 17.6. The first-order valence-corrected chi connectivity index (χ1v) is 26.5. The standard InChI is InChI=1S/C15H20N2O2.C15H22N2.C13H16N2O2.C13H18N2.2C3H8/c1-7-16-12(6)10(4)13-11(5)14(17(18)19)8(2)9(3)15(13)16;1-7-17-12(6)10(4)13-11(5)14(16)8(2)9(3)15(13)17;1-6-7(2)13(15(16)17)9(4)11-8(3)10(5)14-12(6)11;1-6-7(2)13-11(9(4)12(6)14)8(3)10(5)15-13;2*1-3-2/h7H2,1-6H3;7,16H2,1-6H3;14H,1-5H3;15H,14H2,1-5H3;2*3H2,1-2H3. The van der Waals surface area contributed by atoms with Crippen molar-refractivity contribution in [2.75, 3.05) is 11.5 Å². The number of fused-ring (bicyclic) bond motifs is 4. The van der Waals surface area contributed by atoms with Gasteiger partial charge in [-0.2, -0.15) is 0 Å². The lowest BCUT2D eigenvalue weighted by atomic mass is 9.97. The fraction of sp³-hybridized carbons (Fsp3) is 0.484. The molecule has 4 heterocycles. The monoisotopic (exact) mass is 1010 g/mol. The third-order valence-corrected chi connectivity index (χ3v) is 15.9. The highest BCUT2D eigenvalue weighted by Gasteiger charge is 2.26. The lowest BCUT2D eigenvalue weighted by molar-refractivity contribution is -0.386. The van der Waals surface area contributed by atoms with Crippen LogP contribution in [0.1, 0.15) is 166 Å². The summed E-state index contributed by atoms with van der Waals surface area (Å²) < 4.78 is 4.66. The van der Waals surface area contributed by atoms with Crippen LogP contribution in [0.25, 0.3) is 43.6 Å². The van der Waals surface area contributed by atoms with Crippen molar-refractivity contribution in [2.24, 2.45) is 0 Å². The molecule has 0 spiro atoms. The molecular formula is C62H92N8O4. The molecule has 12 nitrogen and oxygen atoms in total. The Morgan fingerprint density at radius 1 is 0.365 bits per heavy atom. The van der Waals surface area contributed by atoms with Gasteiger partial charge >= 0.3 is 0 Å². The SMILES string of the molecule is CCC.CCC.CCn1c(C)c(C)c2c(C)c(N)c(C)c(C)c21.CCn1c(C)c(C)c2c(C)c([N+](=O)[O-])c(C)c(C)c21.Cc1[nH]c2c(C)c(C)c(N)c(C)c2c1C.Cc1[nH]c2c(C)c(C)c([N+](=O)[O-])c(C)c2c1C. The number of aromatic amines is 2. The Balaban J connectivity index is 0.000000251.